The summed E-state index contributed by atoms with van der Waals surface area (Å²) in [5, 5.41) is 0. The van der Waals surface area contributed by atoms with Crippen LogP contribution in [0.5, 0.6) is 5.75 Å². The highest BCUT2D eigenvalue weighted by Gasteiger charge is 2.14. The predicted molar refractivity (Wildman–Crippen MR) is 73.1 cm³/mol. The summed E-state index contributed by atoms with van der Waals surface area (Å²) in [6.45, 7) is 0.715. The number of hydrogen-bond acceptors (Lipinski definition) is 1. The van der Waals surface area contributed by atoms with Gasteiger partial charge in [-0.3, -0.25) is 0 Å². The lowest BCUT2D eigenvalue weighted by molar-refractivity contribution is 0.318. The Balaban J connectivity index is 1.88. The van der Waals surface area contributed by atoms with Crippen LogP contribution in [0.1, 0.15) is 50.0 Å². The van der Waals surface area contributed by atoms with E-state index in [1.54, 1.807) is 0 Å². The van der Waals surface area contributed by atoms with Crippen molar-refractivity contribution in [3.63, 3.8) is 0 Å². The van der Waals surface area contributed by atoms with Gasteiger partial charge in [0.15, 0.2) is 0 Å². The molecular weight excluding hydrogens is 232 g/mol. The normalized spacial score (nSPS) is 17.0. The van der Waals surface area contributed by atoms with Gasteiger partial charge < -0.3 is 4.74 Å². The molecule has 2 rings (SSSR count). The number of hydrogen-bond donors (Lipinski definition) is 0. The van der Waals surface area contributed by atoms with Crippen molar-refractivity contribution < 1.29 is 4.74 Å². The first-order valence-corrected chi connectivity index (χ1v) is 7.22. The quantitative estimate of drug-likeness (QED) is 0.543. The average Bonchev–Trinajstić information content (AvgIpc) is 2.41. The maximum absolute atomic E-state index is 5.61. The number of ether oxygens (including phenoxy) is 1. The number of benzene rings is 1. The van der Waals surface area contributed by atoms with E-state index in [0.717, 1.165) is 18.1 Å². The van der Waals surface area contributed by atoms with E-state index < -0.39 is 0 Å². The molecule has 0 heterocycles. The molecule has 17 heavy (non-hydrogen) atoms. The zero-order chi connectivity index (χ0) is 11.9. The van der Waals surface area contributed by atoms with Crippen LogP contribution in [0.3, 0.4) is 0 Å². The lowest BCUT2D eigenvalue weighted by atomic mass is 9.84. The van der Waals surface area contributed by atoms with E-state index >= 15 is 0 Å². The van der Waals surface area contributed by atoms with Gasteiger partial charge in [-0.05, 0) is 42.9 Å². The van der Waals surface area contributed by atoms with Crippen molar-refractivity contribution in [1.29, 1.82) is 0 Å². The van der Waals surface area contributed by atoms with Crippen LogP contribution >= 0.6 is 11.6 Å². The van der Waals surface area contributed by atoms with Crippen LogP contribution in [0.25, 0.3) is 0 Å². The molecule has 2 heteroatoms. The topological polar surface area (TPSA) is 9.23 Å². The SMILES string of the molecule is ClCCCOc1ccc(C2CCCCC2)cc1. The largest absolute Gasteiger partial charge is 0.494 e. The first kappa shape index (κ1) is 12.8. The molecule has 0 radical (unpaired) electrons. The highest BCUT2D eigenvalue weighted by atomic mass is 35.5. The zero-order valence-electron chi connectivity index (χ0n) is 10.3. The molecule has 0 bridgehead atoms. The summed E-state index contributed by atoms with van der Waals surface area (Å²) in [5.41, 5.74) is 1.48. The van der Waals surface area contributed by atoms with Gasteiger partial charge in [0.25, 0.3) is 0 Å². The van der Waals surface area contributed by atoms with Crippen molar-refractivity contribution in [2.24, 2.45) is 0 Å². The molecule has 0 amide bonds. The zero-order valence-corrected chi connectivity index (χ0v) is 11.1. The predicted octanol–water partition coefficient (Wildman–Crippen LogP) is 4.74. The van der Waals surface area contributed by atoms with Gasteiger partial charge in [-0.15, -0.1) is 11.6 Å². The molecule has 1 fully saturated rings. The summed E-state index contributed by atoms with van der Waals surface area (Å²) in [6, 6.07) is 8.65. The van der Waals surface area contributed by atoms with Crippen molar-refractivity contribution in [2.45, 2.75) is 44.4 Å². The fourth-order valence-corrected chi connectivity index (χ4v) is 2.63. The molecule has 1 nitrogen and oxygen atoms in total. The molecule has 0 spiro atoms. The highest BCUT2D eigenvalue weighted by Crippen LogP contribution is 2.33. The summed E-state index contributed by atoms with van der Waals surface area (Å²) in [7, 11) is 0. The van der Waals surface area contributed by atoms with E-state index in [0.29, 0.717) is 12.5 Å². The molecular formula is C15H21ClO. The van der Waals surface area contributed by atoms with E-state index in [-0.39, 0.29) is 0 Å². The standard InChI is InChI=1S/C15H21ClO/c16-11-4-12-17-15-9-7-14(8-10-15)13-5-2-1-3-6-13/h7-10,13H,1-6,11-12H2. The van der Waals surface area contributed by atoms with Crippen molar-refractivity contribution in [3.05, 3.63) is 29.8 Å². The monoisotopic (exact) mass is 252 g/mol. The number of halogens is 1. The number of alkyl halides is 1. The van der Waals surface area contributed by atoms with Crippen LogP contribution in [0.4, 0.5) is 0 Å². The van der Waals surface area contributed by atoms with Gasteiger partial charge in [-0.25, -0.2) is 0 Å². The fourth-order valence-electron chi connectivity index (χ4n) is 2.52. The third-order valence-corrected chi connectivity index (χ3v) is 3.77. The molecule has 1 aliphatic rings. The van der Waals surface area contributed by atoms with E-state index in [4.69, 9.17) is 16.3 Å². The Labute approximate surface area is 109 Å². The van der Waals surface area contributed by atoms with Crippen molar-refractivity contribution in [2.75, 3.05) is 12.5 Å². The first-order valence-electron chi connectivity index (χ1n) is 6.69. The van der Waals surface area contributed by atoms with E-state index in [1.807, 2.05) is 0 Å². The molecule has 1 aliphatic carbocycles. The third kappa shape index (κ3) is 3.92. The molecule has 0 saturated heterocycles. The average molecular weight is 253 g/mol. The Bertz CT molecular complexity index is 314. The van der Waals surface area contributed by atoms with Crippen LogP contribution < -0.4 is 4.74 Å². The molecule has 1 aromatic carbocycles. The second kappa shape index (κ2) is 6.90. The van der Waals surface area contributed by atoms with Crippen LogP contribution in [0, 0.1) is 0 Å². The summed E-state index contributed by atoms with van der Waals surface area (Å²) < 4.78 is 5.60. The summed E-state index contributed by atoms with van der Waals surface area (Å²) in [6.07, 6.45) is 7.80. The molecule has 0 N–H and O–H groups in total. The van der Waals surface area contributed by atoms with Gasteiger partial charge >= 0.3 is 0 Å². The van der Waals surface area contributed by atoms with Gasteiger partial charge in [-0.2, -0.15) is 0 Å². The van der Waals surface area contributed by atoms with Gasteiger partial charge in [-0.1, -0.05) is 31.4 Å². The summed E-state index contributed by atoms with van der Waals surface area (Å²) in [4.78, 5) is 0. The van der Waals surface area contributed by atoms with E-state index in [1.165, 1.54) is 37.7 Å². The van der Waals surface area contributed by atoms with Crippen molar-refractivity contribution in [3.8, 4) is 5.75 Å². The van der Waals surface area contributed by atoms with Gasteiger partial charge in [0, 0.05) is 5.88 Å². The number of rotatable bonds is 5. The molecule has 0 atom stereocenters. The Morgan fingerprint density at radius 2 is 1.76 bits per heavy atom. The smallest absolute Gasteiger partial charge is 0.119 e. The second-order valence-electron chi connectivity index (χ2n) is 4.79. The summed E-state index contributed by atoms with van der Waals surface area (Å²) >= 11 is 5.61. The lowest BCUT2D eigenvalue weighted by Gasteiger charge is -2.22. The van der Waals surface area contributed by atoms with Crippen LogP contribution in [-0.2, 0) is 0 Å². The first-order chi connectivity index (χ1) is 8.40. The minimum Gasteiger partial charge on any atom is -0.494 e. The maximum atomic E-state index is 5.61. The highest BCUT2D eigenvalue weighted by molar-refractivity contribution is 6.17. The Morgan fingerprint density at radius 3 is 2.41 bits per heavy atom. The van der Waals surface area contributed by atoms with Gasteiger partial charge in [0.1, 0.15) is 5.75 Å². The third-order valence-electron chi connectivity index (χ3n) is 3.50. The second-order valence-corrected chi connectivity index (χ2v) is 5.17. The molecule has 0 aromatic heterocycles. The Kier molecular flexibility index (Phi) is 5.18. The maximum Gasteiger partial charge on any atom is 0.119 e. The molecule has 1 saturated carbocycles. The Hall–Kier alpha value is -0.690. The van der Waals surface area contributed by atoms with Crippen molar-refractivity contribution >= 4 is 11.6 Å². The van der Waals surface area contributed by atoms with E-state index in [2.05, 4.69) is 24.3 Å². The van der Waals surface area contributed by atoms with Crippen LogP contribution in [-0.4, -0.2) is 12.5 Å². The lowest BCUT2D eigenvalue weighted by Crippen LogP contribution is -2.04. The molecule has 1 aromatic rings. The van der Waals surface area contributed by atoms with Crippen LogP contribution in [0.15, 0.2) is 24.3 Å². The van der Waals surface area contributed by atoms with E-state index in [9.17, 15) is 0 Å². The molecule has 0 unspecified atom stereocenters. The van der Waals surface area contributed by atoms with Crippen LogP contribution in [0.2, 0.25) is 0 Å². The minimum atomic E-state index is 0.667. The van der Waals surface area contributed by atoms with Gasteiger partial charge in [0.2, 0.25) is 0 Å². The molecule has 94 valence electrons. The minimum absolute atomic E-state index is 0.667. The van der Waals surface area contributed by atoms with Gasteiger partial charge in [0.05, 0.1) is 6.61 Å². The van der Waals surface area contributed by atoms with Crippen molar-refractivity contribution in [1.82, 2.24) is 0 Å². The Morgan fingerprint density at radius 1 is 1.06 bits per heavy atom. The summed E-state index contributed by atoms with van der Waals surface area (Å²) in [5.74, 6) is 2.41. The molecule has 0 aliphatic heterocycles. The fraction of sp³-hybridized carbons (Fsp3) is 0.600.